The molecule has 78 valence electrons. The van der Waals surface area contributed by atoms with Gasteiger partial charge in [0.2, 0.25) is 0 Å². The van der Waals surface area contributed by atoms with Gasteiger partial charge >= 0.3 is 0 Å². The molecule has 1 aromatic rings. The van der Waals surface area contributed by atoms with Crippen LogP contribution in [0.4, 0.5) is 14.6 Å². The molecule has 1 rings (SSSR count). The van der Waals surface area contributed by atoms with Gasteiger partial charge < -0.3 is 5.73 Å². The van der Waals surface area contributed by atoms with Crippen LogP contribution in [0.2, 0.25) is 0 Å². The lowest BCUT2D eigenvalue weighted by atomic mass is 10.0. The summed E-state index contributed by atoms with van der Waals surface area (Å²) in [5.41, 5.74) is 6.23. The van der Waals surface area contributed by atoms with Gasteiger partial charge in [-0.05, 0) is 24.0 Å². The van der Waals surface area contributed by atoms with Gasteiger partial charge in [0, 0.05) is 11.8 Å². The zero-order valence-corrected chi connectivity index (χ0v) is 8.30. The molecule has 0 aliphatic rings. The van der Waals surface area contributed by atoms with E-state index in [9.17, 15) is 8.78 Å². The summed E-state index contributed by atoms with van der Waals surface area (Å²) >= 11 is 0. The number of nitrogen functional groups attached to an aromatic ring is 1. The number of hydrogen-bond donors (Lipinski definition) is 1. The summed E-state index contributed by atoms with van der Waals surface area (Å²) in [4.78, 5) is 3.75. The lowest BCUT2D eigenvalue weighted by Gasteiger charge is -2.09. The Morgan fingerprint density at radius 2 is 2.07 bits per heavy atom. The Kier molecular flexibility index (Phi) is 3.38. The number of pyridine rings is 1. The molecule has 0 unspecified atom stereocenters. The Morgan fingerprint density at radius 1 is 1.43 bits per heavy atom. The molecule has 1 aromatic heterocycles. The van der Waals surface area contributed by atoms with Gasteiger partial charge in [-0.2, -0.15) is 0 Å². The van der Waals surface area contributed by atoms with Crippen LogP contribution in [0.15, 0.2) is 12.3 Å². The first kappa shape index (κ1) is 10.9. The van der Waals surface area contributed by atoms with Gasteiger partial charge in [-0.3, -0.25) is 0 Å². The van der Waals surface area contributed by atoms with Crippen molar-refractivity contribution in [1.29, 1.82) is 0 Å². The highest BCUT2D eigenvalue weighted by atomic mass is 19.3. The molecule has 0 aromatic carbocycles. The fourth-order valence-corrected chi connectivity index (χ4v) is 1.26. The largest absolute Gasteiger partial charge is 0.383 e. The summed E-state index contributed by atoms with van der Waals surface area (Å²) < 4.78 is 24.7. The number of hydrogen-bond acceptors (Lipinski definition) is 2. The van der Waals surface area contributed by atoms with E-state index in [1.54, 1.807) is 0 Å². The smallest absolute Gasteiger partial charge is 0.265 e. The second kappa shape index (κ2) is 4.35. The second-order valence-corrected chi connectivity index (χ2v) is 3.71. The second-order valence-electron chi connectivity index (χ2n) is 3.71. The summed E-state index contributed by atoms with van der Waals surface area (Å²) in [5, 5.41) is 0. The van der Waals surface area contributed by atoms with Gasteiger partial charge in [0.05, 0.1) is 0 Å². The van der Waals surface area contributed by atoms with Crippen LogP contribution in [-0.2, 0) is 6.42 Å². The highest BCUT2D eigenvalue weighted by molar-refractivity contribution is 5.41. The van der Waals surface area contributed by atoms with E-state index in [0.717, 1.165) is 6.20 Å². The summed E-state index contributed by atoms with van der Waals surface area (Å²) in [7, 11) is 0. The van der Waals surface area contributed by atoms with Crippen molar-refractivity contribution in [3.8, 4) is 0 Å². The minimum absolute atomic E-state index is 0.0603. The Bertz CT molecular complexity index is 311. The molecule has 0 aliphatic carbocycles. The standard InChI is InChI=1S/C10H14F2N2/c1-6(2)3-7-4-8(9(11)12)5-14-10(7)13/h4-6,9H,3H2,1-2H3,(H2,13,14). The van der Waals surface area contributed by atoms with Crippen molar-refractivity contribution in [2.75, 3.05) is 5.73 Å². The van der Waals surface area contributed by atoms with Crippen LogP contribution in [0, 0.1) is 5.92 Å². The Labute approximate surface area is 82.1 Å². The van der Waals surface area contributed by atoms with Crippen LogP contribution in [0.5, 0.6) is 0 Å². The minimum atomic E-state index is -2.48. The summed E-state index contributed by atoms with van der Waals surface area (Å²) in [6.07, 6.45) is -0.669. The summed E-state index contributed by atoms with van der Waals surface area (Å²) in [5.74, 6) is 0.732. The zero-order chi connectivity index (χ0) is 10.7. The van der Waals surface area contributed by atoms with Crippen LogP contribution < -0.4 is 5.73 Å². The molecular weight excluding hydrogens is 186 g/mol. The molecule has 0 saturated carbocycles. The molecule has 0 spiro atoms. The zero-order valence-electron chi connectivity index (χ0n) is 8.30. The molecule has 0 saturated heterocycles. The maximum atomic E-state index is 12.3. The average molecular weight is 200 g/mol. The Morgan fingerprint density at radius 3 is 2.57 bits per heavy atom. The first-order valence-electron chi connectivity index (χ1n) is 4.53. The van der Waals surface area contributed by atoms with Crippen molar-refractivity contribution in [2.24, 2.45) is 5.92 Å². The van der Waals surface area contributed by atoms with Crippen molar-refractivity contribution >= 4 is 5.82 Å². The Hall–Kier alpha value is -1.19. The van der Waals surface area contributed by atoms with E-state index in [-0.39, 0.29) is 5.56 Å². The third-order valence-electron chi connectivity index (χ3n) is 1.90. The van der Waals surface area contributed by atoms with Crippen molar-refractivity contribution in [3.05, 3.63) is 23.4 Å². The van der Waals surface area contributed by atoms with E-state index in [4.69, 9.17) is 5.73 Å². The number of alkyl halides is 2. The Balaban J connectivity index is 2.96. The fourth-order valence-electron chi connectivity index (χ4n) is 1.26. The van der Waals surface area contributed by atoms with E-state index in [0.29, 0.717) is 23.7 Å². The van der Waals surface area contributed by atoms with E-state index in [1.165, 1.54) is 6.07 Å². The van der Waals surface area contributed by atoms with Gasteiger partial charge in [-0.1, -0.05) is 13.8 Å². The molecule has 0 bridgehead atoms. The minimum Gasteiger partial charge on any atom is -0.383 e. The highest BCUT2D eigenvalue weighted by Gasteiger charge is 2.11. The number of anilines is 1. The monoisotopic (exact) mass is 200 g/mol. The molecule has 1 heterocycles. The van der Waals surface area contributed by atoms with E-state index in [2.05, 4.69) is 4.98 Å². The van der Waals surface area contributed by atoms with E-state index in [1.807, 2.05) is 13.8 Å². The van der Waals surface area contributed by atoms with Crippen molar-refractivity contribution in [3.63, 3.8) is 0 Å². The van der Waals surface area contributed by atoms with Gasteiger partial charge in [0.15, 0.2) is 0 Å². The van der Waals surface area contributed by atoms with Crippen LogP contribution in [-0.4, -0.2) is 4.98 Å². The highest BCUT2D eigenvalue weighted by Crippen LogP contribution is 2.22. The molecule has 0 aliphatic heterocycles. The topological polar surface area (TPSA) is 38.9 Å². The predicted octanol–water partition coefficient (Wildman–Crippen LogP) is 2.80. The molecule has 0 fully saturated rings. The summed E-state index contributed by atoms with van der Waals surface area (Å²) in [6, 6.07) is 1.44. The first-order valence-corrected chi connectivity index (χ1v) is 4.53. The molecule has 4 heteroatoms. The predicted molar refractivity (Wildman–Crippen MR) is 52.1 cm³/mol. The van der Waals surface area contributed by atoms with Crippen molar-refractivity contribution < 1.29 is 8.78 Å². The molecule has 0 atom stereocenters. The fraction of sp³-hybridized carbons (Fsp3) is 0.500. The number of nitrogens with zero attached hydrogens (tertiary/aromatic N) is 1. The van der Waals surface area contributed by atoms with Gasteiger partial charge in [0.25, 0.3) is 6.43 Å². The van der Waals surface area contributed by atoms with Crippen LogP contribution in [0.25, 0.3) is 0 Å². The van der Waals surface area contributed by atoms with Crippen LogP contribution >= 0.6 is 0 Å². The third kappa shape index (κ3) is 2.65. The maximum absolute atomic E-state index is 12.3. The average Bonchev–Trinajstić information content (AvgIpc) is 2.07. The SMILES string of the molecule is CC(C)Cc1cc(C(F)F)cnc1N. The molecule has 2 nitrogen and oxygen atoms in total. The van der Waals surface area contributed by atoms with E-state index >= 15 is 0 Å². The molecule has 14 heavy (non-hydrogen) atoms. The van der Waals surface area contributed by atoms with E-state index < -0.39 is 6.43 Å². The normalized spacial score (nSPS) is 11.3. The molecule has 0 radical (unpaired) electrons. The van der Waals surface area contributed by atoms with Crippen molar-refractivity contribution in [2.45, 2.75) is 26.7 Å². The summed E-state index contributed by atoms with van der Waals surface area (Å²) in [6.45, 7) is 4.02. The number of aromatic nitrogens is 1. The first-order chi connectivity index (χ1) is 6.50. The van der Waals surface area contributed by atoms with Crippen LogP contribution in [0.1, 0.15) is 31.4 Å². The number of rotatable bonds is 3. The lowest BCUT2D eigenvalue weighted by molar-refractivity contribution is 0.151. The van der Waals surface area contributed by atoms with Crippen LogP contribution in [0.3, 0.4) is 0 Å². The molecular formula is C10H14F2N2. The lowest BCUT2D eigenvalue weighted by Crippen LogP contribution is -2.03. The van der Waals surface area contributed by atoms with Crippen molar-refractivity contribution in [1.82, 2.24) is 4.98 Å². The molecule has 0 amide bonds. The number of nitrogens with two attached hydrogens (primary N) is 1. The van der Waals surface area contributed by atoms with Gasteiger partial charge in [-0.15, -0.1) is 0 Å². The van der Waals surface area contributed by atoms with Gasteiger partial charge in [0.1, 0.15) is 5.82 Å². The molecule has 2 N–H and O–H groups in total. The quantitative estimate of drug-likeness (QED) is 0.814. The number of halogens is 2. The van der Waals surface area contributed by atoms with Gasteiger partial charge in [-0.25, -0.2) is 13.8 Å². The maximum Gasteiger partial charge on any atom is 0.265 e. The third-order valence-corrected chi connectivity index (χ3v) is 1.90.